The number of fused-ring (bicyclic) bond motifs is 1. The summed E-state index contributed by atoms with van der Waals surface area (Å²) in [6.45, 7) is 2.68. The second-order valence-corrected chi connectivity index (χ2v) is 6.00. The van der Waals surface area contributed by atoms with Crippen molar-refractivity contribution in [2.24, 2.45) is 10.9 Å². The Hall–Kier alpha value is -2.14. The molecule has 5 nitrogen and oxygen atoms in total. The molecule has 0 bridgehead atoms. The molecule has 3 rings (SSSR count). The molecule has 1 aromatic carbocycles. The lowest BCUT2D eigenvalue weighted by molar-refractivity contribution is 0.133. The Morgan fingerprint density at radius 1 is 1.45 bits per heavy atom. The van der Waals surface area contributed by atoms with Gasteiger partial charge in [-0.05, 0) is 37.8 Å². The van der Waals surface area contributed by atoms with Gasteiger partial charge in [0.2, 0.25) is 0 Å². The van der Waals surface area contributed by atoms with Gasteiger partial charge < -0.3 is 21.1 Å². The van der Waals surface area contributed by atoms with Gasteiger partial charge in [-0.1, -0.05) is 12.1 Å². The molecule has 1 aliphatic heterocycles. The molecule has 2 aliphatic rings. The molecule has 116 valence electrons. The lowest BCUT2D eigenvalue weighted by atomic mass is 9.81. The minimum atomic E-state index is 0.270. The Balaban J connectivity index is 1.75. The van der Waals surface area contributed by atoms with Crippen molar-refractivity contribution in [1.29, 1.82) is 5.41 Å². The topological polar surface area (TPSA) is 80.5 Å². The highest BCUT2D eigenvalue weighted by Gasteiger charge is 2.27. The fourth-order valence-corrected chi connectivity index (χ4v) is 2.87. The first-order chi connectivity index (χ1) is 10.7. The standard InChI is InChI=1S/C17H22N4O/c1-11(18)14(8-19-13-6-12(7-13)10-22)17-9-20-15-4-2-3-5-16(15)21-17/h2-5,8,12-13,18-20,22H,6-7,9-10H2,1H3/b14-8+,18-11?. The fraction of sp³-hybridized carbons (Fsp3) is 0.412. The number of rotatable bonds is 5. The maximum absolute atomic E-state index is 9.06. The van der Waals surface area contributed by atoms with Gasteiger partial charge in [-0.2, -0.15) is 0 Å². The van der Waals surface area contributed by atoms with E-state index >= 15 is 0 Å². The summed E-state index contributed by atoms with van der Waals surface area (Å²) in [4.78, 5) is 4.68. The average molecular weight is 298 g/mol. The van der Waals surface area contributed by atoms with E-state index in [1.807, 2.05) is 30.5 Å². The van der Waals surface area contributed by atoms with Crippen LogP contribution in [-0.4, -0.2) is 35.7 Å². The van der Waals surface area contributed by atoms with Crippen molar-refractivity contribution in [3.63, 3.8) is 0 Å². The molecule has 1 aromatic rings. The minimum Gasteiger partial charge on any atom is -0.396 e. The van der Waals surface area contributed by atoms with Gasteiger partial charge in [0.25, 0.3) is 0 Å². The highest BCUT2D eigenvalue weighted by Crippen LogP contribution is 2.29. The van der Waals surface area contributed by atoms with Gasteiger partial charge in [0.15, 0.2) is 0 Å². The van der Waals surface area contributed by atoms with Crippen molar-refractivity contribution in [2.45, 2.75) is 25.8 Å². The average Bonchev–Trinajstić information content (AvgIpc) is 2.49. The number of nitrogens with zero attached hydrogens (tertiary/aromatic N) is 1. The number of nitrogens with one attached hydrogen (secondary N) is 3. The number of para-hydroxylation sites is 2. The van der Waals surface area contributed by atoms with Crippen LogP contribution in [0, 0.1) is 11.3 Å². The first kappa shape index (κ1) is 14.8. The van der Waals surface area contributed by atoms with Crippen LogP contribution in [0.5, 0.6) is 0 Å². The fourth-order valence-electron chi connectivity index (χ4n) is 2.87. The summed E-state index contributed by atoms with van der Waals surface area (Å²) in [7, 11) is 0. The van der Waals surface area contributed by atoms with Crippen LogP contribution < -0.4 is 10.6 Å². The number of aliphatic hydroxyl groups is 1. The van der Waals surface area contributed by atoms with Gasteiger partial charge in [-0.15, -0.1) is 0 Å². The summed E-state index contributed by atoms with van der Waals surface area (Å²) in [5.74, 6) is 0.427. The third kappa shape index (κ3) is 3.04. The maximum Gasteiger partial charge on any atom is 0.0865 e. The van der Waals surface area contributed by atoms with Gasteiger partial charge in [0.1, 0.15) is 0 Å². The molecule has 0 saturated heterocycles. The van der Waals surface area contributed by atoms with E-state index in [-0.39, 0.29) is 6.61 Å². The summed E-state index contributed by atoms with van der Waals surface area (Å²) >= 11 is 0. The Morgan fingerprint density at radius 3 is 2.95 bits per heavy atom. The normalized spacial score (nSPS) is 23.7. The predicted octanol–water partition coefficient (Wildman–Crippen LogP) is 2.47. The second-order valence-electron chi connectivity index (χ2n) is 6.00. The number of hydrogen-bond acceptors (Lipinski definition) is 5. The minimum absolute atomic E-state index is 0.270. The predicted molar refractivity (Wildman–Crippen MR) is 90.2 cm³/mol. The van der Waals surface area contributed by atoms with E-state index in [1.54, 1.807) is 6.92 Å². The Labute approximate surface area is 130 Å². The summed E-state index contributed by atoms with van der Waals surface area (Å²) in [5.41, 5.74) is 4.18. The van der Waals surface area contributed by atoms with E-state index in [9.17, 15) is 0 Å². The molecule has 1 aliphatic carbocycles. The third-order valence-electron chi connectivity index (χ3n) is 4.28. The zero-order chi connectivity index (χ0) is 15.5. The monoisotopic (exact) mass is 298 g/mol. The molecule has 1 fully saturated rings. The molecule has 0 amide bonds. The Kier molecular flexibility index (Phi) is 4.24. The van der Waals surface area contributed by atoms with Gasteiger partial charge in [0.05, 0.1) is 23.6 Å². The highest BCUT2D eigenvalue weighted by molar-refractivity contribution is 6.25. The van der Waals surface area contributed by atoms with Crippen molar-refractivity contribution in [1.82, 2.24) is 5.32 Å². The van der Waals surface area contributed by atoms with Crippen molar-refractivity contribution >= 4 is 22.8 Å². The van der Waals surface area contributed by atoms with Crippen LogP contribution in [-0.2, 0) is 0 Å². The molecule has 0 spiro atoms. The van der Waals surface area contributed by atoms with Crippen LogP contribution in [0.3, 0.4) is 0 Å². The molecule has 4 N–H and O–H groups in total. The molecule has 5 heteroatoms. The van der Waals surface area contributed by atoms with E-state index in [2.05, 4.69) is 15.6 Å². The van der Waals surface area contributed by atoms with Gasteiger partial charge in [0, 0.05) is 30.1 Å². The zero-order valence-corrected chi connectivity index (χ0v) is 12.8. The first-order valence-corrected chi connectivity index (χ1v) is 7.71. The zero-order valence-electron chi connectivity index (χ0n) is 12.8. The van der Waals surface area contributed by atoms with Crippen molar-refractivity contribution in [3.8, 4) is 0 Å². The molecule has 1 heterocycles. The van der Waals surface area contributed by atoms with E-state index in [4.69, 9.17) is 10.5 Å². The van der Waals surface area contributed by atoms with Gasteiger partial charge >= 0.3 is 0 Å². The van der Waals surface area contributed by atoms with Gasteiger partial charge in [-0.25, -0.2) is 4.99 Å². The quantitative estimate of drug-likeness (QED) is 0.630. The molecule has 1 saturated carbocycles. The molecular formula is C17H22N4O. The summed E-state index contributed by atoms with van der Waals surface area (Å²) in [6.07, 6.45) is 3.89. The Bertz CT molecular complexity index is 629. The van der Waals surface area contributed by atoms with Crippen LogP contribution >= 0.6 is 0 Å². The van der Waals surface area contributed by atoms with Crippen molar-refractivity contribution < 1.29 is 5.11 Å². The molecule has 0 unspecified atom stereocenters. The number of anilines is 1. The Morgan fingerprint density at radius 2 is 2.23 bits per heavy atom. The van der Waals surface area contributed by atoms with E-state index in [0.29, 0.717) is 24.2 Å². The van der Waals surface area contributed by atoms with Crippen LogP contribution in [0.25, 0.3) is 0 Å². The van der Waals surface area contributed by atoms with Crippen molar-refractivity contribution in [2.75, 3.05) is 18.5 Å². The maximum atomic E-state index is 9.06. The number of hydrogen-bond donors (Lipinski definition) is 4. The SMILES string of the molecule is CC(=N)/C(=C\NC1CC(CO)C1)C1=Nc2ccccc2NC1. The largest absolute Gasteiger partial charge is 0.396 e. The lowest BCUT2D eigenvalue weighted by Gasteiger charge is -2.34. The molecule has 0 radical (unpaired) electrons. The van der Waals surface area contributed by atoms with Crippen molar-refractivity contribution in [3.05, 3.63) is 36.0 Å². The van der Waals surface area contributed by atoms with E-state index in [1.165, 1.54) is 0 Å². The highest BCUT2D eigenvalue weighted by atomic mass is 16.3. The van der Waals surface area contributed by atoms with Gasteiger partial charge in [-0.3, -0.25) is 0 Å². The molecular weight excluding hydrogens is 276 g/mol. The second kappa shape index (κ2) is 6.32. The molecule has 0 aromatic heterocycles. The lowest BCUT2D eigenvalue weighted by Crippen LogP contribution is -2.40. The molecule has 0 atom stereocenters. The summed E-state index contributed by atoms with van der Waals surface area (Å²) in [6, 6.07) is 8.34. The summed E-state index contributed by atoms with van der Waals surface area (Å²) in [5, 5.41) is 23.8. The van der Waals surface area contributed by atoms with E-state index in [0.717, 1.165) is 35.5 Å². The van der Waals surface area contributed by atoms with E-state index < -0.39 is 0 Å². The third-order valence-corrected chi connectivity index (χ3v) is 4.28. The van der Waals surface area contributed by atoms with Crippen LogP contribution in [0.4, 0.5) is 11.4 Å². The van der Waals surface area contributed by atoms with Crippen LogP contribution in [0.15, 0.2) is 41.0 Å². The van der Waals surface area contributed by atoms with Crippen LogP contribution in [0.1, 0.15) is 19.8 Å². The summed E-state index contributed by atoms with van der Waals surface area (Å²) < 4.78 is 0. The van der Waals surface area contributed by atoms with Crippen LogP contribution in [0.2, 0.25) is 0 Å². The first-order valence-electron chi connectivity index (χ1n) is 7.71. The smallest absolute Gasteiger partial charge is 0.0865 e. The number of aliphatic hydroxyl groups excluding tert-OH is 1. The number of benzene rings is 1. The number of aliphatic imine (C=N–C) groups is 1. The molecule has 22 heavy (non-hydrogen) atoms.